The summed E-state index contributed by atoms with van der Waals surface area (Å²) in [6.07, 6.45) is 5.51. The van der Waals surface area contributed by atoms with E-state index in [9.17, 15) is 9.59 Å². The van der Waals surface area contributed by atoms with Crippen LogP contribution in [0.3, 0.4) is 0 Å². The summed E-state index contributed by atoms with van der Waals surface area (Å²) in [5, 5.41) is 5.61. The number of carbonyl (C=O) groups is 2. The van der Waals surface area contributed by atoms with Crippen LogP contribution in [-0.4, -0.2) is 42.9 Å². The molecule has 2 amide bonds. The predicted octanol–water partition coefficient (Wildman–Crippen LogP) is 2.59. The van der Waals surface area contributed by atoms with E-state index in [-0.39, 0.29) is 6.04 Å². The Balaban J connectivity index is 1.90. The summed E-state index contributed by atoms with van der Waals surface area (Å²) in [5.41, 5.74) is 3.91. The highest BCUT2D eigenvalue weighted by Crippen LogP contribution is 2.26. The molecule has 1 aliphatic carbocycles. The van der Waals surface area contributed by atoms with E-state index < -0.39 is 11.8 Å². The van der Waals surface area contributed by atoms with Crippen molar-refractivity contribution < 1.29 is 9.59 Å². The largest absolute Gasteiger partial charge is 0.347 e. The van der Waals surface area contributed by atoms with Crippen LogP contribution in [0.2, 0.25) is 0 Å². The summed E-state index contributed by atoms with van der Waals surface area (Å²) in [4.78, 5) is 26.5. The predicted molar refractivity (Wildman–Crippen MR) is 105 cm³/mol. The Hall–Kier alpha value is -1.88. The third-order valence-corrected chi connectivity index (χ3v) is 5.30. The molecule has 0 bridgehead atoms. The molecule has 1 aromatic carbocycles. The van der Waals surface area contributed by atoms with Crippen LogP contribution in [0.15, 0.2) is 18.2 Å². The van der Waals surface area contributed by atoms with Crippen LogP contribution in [0.25, 0.3) is 0 Å². The van der Waals surface area contributed by atoms with Crippen LogP contribution in [0.1, 0.15) is 62.8 Å². The number of rotatable bonds is 8. The van der Waals surface area contributed by atoms with Crippen molar-refractivity contribution in [3.63, 3.8) is 0 Å². The van der Waals surface area contributed by atoms with Gasteiger partial charge in [0.2, 0.25) is 0 Å². The average Bonchev–Trinajstić information content (AvgIpc) is 2.68. The molecule has 2 N–H and O–H groups in total. The van der Waals surface area contributed by atoms with Crippen molar-refractivity contribution in [2.75, 3.05) is 26.2 Å². The molecule has 0 aromatic heterocycles. The van der Waals surface area contributed by atoms with Crippen molar-refractivity contribution in [1.29, 1.82) is 0 Å². The summed E-state index contributed by atoms with van der Waals surface area (Å²) in [5.74, 6) is -1.09. The Kier molecular flexibility index (Phi) is 8.10. The van der Waals surface area contributed by atoms with E-state index in [0.29, 0.717) is 6.54 Å². The smallest absolute Gasteiger partial charge is 0.309 e. The van der Waals surface area contributed by atoms with Gasteiger partial charge in [0, 0.05) is 13.1 Å². The molecule has 144 valence electrons. The molecule has 0 fully saturated rings. The first-order valence-electron chi connectivity index (χ1n) is 10.0. The highest BCUT2D eigenvalue weighted by atomic mass is 16.2. The van der Waals surface area contributed by atoms with E-state index in [4.69, 9.17) is 0 Å². The molecular formula is C21H33N3O2. The van der Waals surface area contributed by atoms with Gasteiger partial charge in [-0.25, -0.2) is 0 Å². The van der Waals surface area contributed by atoms with E-state index in [1.54, 1.807) is 0 Å². The van der Waals surface area contributed by atoms with Crippen LogP contribution < -0.4 is 10.6 Å². The Labute approximate surface area is 157 Å². The summed E-state index contributed by atoms with van der Waals surface area (Å²) in [6.45, 7) is 9.33. The Morgan fingerprint density at radius 3 is 2.38 bits per heavy atom. The molecule has 5 nitrogen and oxygen atoms in total. The number of nitrogens with one attached hydrogen (secondary N) is 2. The minimum absolute atomic E-state index is 0.122. The second-order valence-electron chi connectivity index (χ2n) is 6.95. The van der Waals surface area contributed by atoms with Gasteiger partial charge in [-0.3, -0.25) is 9.59 Å². The number of benzene rings is 1. The van der Waals surface area contributed by atoms with Crippen molar-refractivity contribution in [2.45, 2.75) is 58.9 Å². The first-order chi connectivity index (χ1) is 12.6. The van der Waals surface area contributed by atoms with Gasteiger partial charge in [0.1, 0.15) is 0 Å². The number of hydrogen-bond donors (Lipinski definition) is 2. The van der Waals surface area contributed by atoms with Crippen molar-refractivity contribution in [3.8, 4) is 0 Å². The Morgan fingerprint density at radius 1 is 1.04 bits per heavy atom. The fourth-order valence-electron chi connectivity index (χ4n) is 3.56. The van der Waals surface area contributed by atoms with Crippen molar-refractivity contribution >= 4 is 11.8 Å². The molecule has 26 heavy (non-hydrogen) atoms. The van der Waals surface area contributed by atoms with E-state index in [1.807, 2.05) is 6.92 Å². The van der Waals surface area contributed by atoms with Crippen LogP contribution >= 0.6 is 0 Å². The van der Waals surface area contributed by atoms with Crippen LogP contribution in [0, 0.1) is 0 Å². The number of amides is 2. The standard InChI is InChI=1S/C21H33N3O2/c1-4-19(18-12-11-16-9-7-8-10-17(16)15-18)23-21(26)20(25)22-13-14-24(5-2)6-3/h11-12,15,19H,4-10,13-14H2,1-3H3,(H,22,25)(H,23,26). The molecule has 1 atom stereocenters. The van der Waals surface area contributed by atoms with Gasteiger partial charge in [0.05, 0.1) is 6.04 Å². The lowest BCUT2D eigenvalue weighted by molar-refractivity contribution is -0.139. The minimum Gasteiger partial charge on any atom is -0.347 e. The lowest BCUT2D eigenvalue weighted by atomic mass is 9.89. The molecule has 5 heteroatoms. The van der Waals surface area contributed by atoms with E-state index in [2.05, 4.69) is 47.6 Å². The number of aryl methyl sites for hydroxylation is 2. The Morgan fingerprint density at radius 2 is 1.73 bits per heavy atom. The molecule has 0 saturated heterocycles. The highest BCUT2D eigenvalue weighted by Gasteiger charge is 2.20. The zero-order valence-electron chi connectivity index (χ0n) is 16.4. The van der Waals surface area contributed by atoms with E-state index >= 15 is 0 Å². The molecule has 1 aromatic rings. The molecule has 2 rings (SSSR count). The van der Waals surface area contributed by atoms with Crippen LogP contribution in [0.4, 0.5) is 0 Å². The minimum atomic E-state index is -0.548. The maximum Gasteiger partial charge on any atom is 0.309 e. The van der Waals surface area contributed by atoms with Gasteiger partial charge in [-0.2, -0.15) is 0 Å². The topological polar surface area (TPSA) is 61.4 Å². The summed E-state index contributed by atoms with van der Waals surface area (Å²) >= 11 is 0. The van der Waals surface area contributed by atoms with E-state index in [1.165, 1.54) is 24.0 Å². The van der Waals surface area contributed by atoms with Crippen molar-refractivity contribution in [1.82, 2.24) is 15.5 Å². The van der Waals surface area contributed by atoms with Gasteiger partial charge >= 0.3 is 11.8 Å². The summed E-state index contributed by atoms with van der Waals surface area (Å²) in [7, 11) is 0. The normalized spacial score (nSPS) is 14.6. The van der Waals surface area contributed by atoms with Gasteiger partial charge in [-0.1, -0.05) is 39.0 Å². The van der Waals surface area contributed by atoms with Crippen LogP contribution in [-0.2, 0) is 22.4 Å². The monoisotopic (exact) mass is 359 g/mol. The Bertz CT molecular complexity index is 611. The fraction of sp³-hybridized carbons (Fsp3) is 0.619. The average molecular weight is 360 g/mol. The van der Waals surface area contributed by atoms with Gasteiger partial charge in [0.15, 0.2) is 0 Å². The number of fused-ring (bicyclic) bond motifs is 1. The zero-order chi connectivity index (χ0) is 18.9. The maximum atomic E-state index is 12.3. The number of hydrogen-bond acceptors (Lipinski definition) is 3. The zero-order valence-corrected chi connectivity index (χ0v) is 16.4. The molecule has 0 saturated carbocycles. The van der Waals surface area contributed by atoms with Gasteiger partial charge in [-0.05, 0) is 61.9 Å². The third-order valence-electron chi connectivity index (χ3n) is 5.30. The maximum absolute atomic E-state index is 12.3. The molecule has 1 unspecified atom stereocenters. The molecule has 0 aliphatic heterocycles. The second-order valence-corrected chi connectivity index (χ2v) is 6.95. The summed E-state index contributed by atoms with van der Waals surface area (Å²) < 4.78 is 0. The van der Waals surface area contributed by atoms with Gasteiger partial charge in [-0.15, -0.1) is 0 Å². The summed E-state index contributed by atoms with van der Waals surface area (Å²) in [6, 6.07) is 6.37. The molecule has 0 radical (unpaired) electrons. The fourth-order valence-corrected chi connectivity index (χ4v) is 3.56. The molecular weight excluding hydrogens is 326 g/mol. The first kappa shape index (κ1) is 20.4. The lowest BCUT2D eigenvalue weighted by Crippen LogP contribution is -2.44. The number of likely N-dealkylation sites (N-methyl/N-ethyl adjacent to an activating group) is 1. The second kappa shape index (κ2) is 10.3. The van der Waals surface area contributed by atoms with Gasteiger partial charge in [0.25, 0.3) is 0 Å². The molecule has 0 heterocycles. The quantitative estimate of drug-likeness (QED) is 0.702. The van der Waals surface area contributed by atoms with Crippen molar-refractivity contribution in [2.24, 2.45) is 0 Å². The lowest BCUT2D eigenvalue weighted by Gasteiger charge is -2.22. The first-order valence-corrected chi connectivity index (χ1v) is 10.0. The molecule has 0 spiro atoms. The van der Waals surface area contributed by atoms with Gasteiger partial charge < -0.3 is 15.5 Å². The number of carbonyl (C=O) groups excluding carboxylic acids is 2. The van der Waals surface area contributed by atoms with Crippen molar-refractivity contribution in [3.05, 3.63) is 34.9 Å². The number of nitrogens with zero attached hydrogens (tertiary/aromatic N) is 1. The van der Waals surface area contributed by atoms with Crippen LogP contribution in [0.5, 0.6) is 0 Å². The SMILES string of the molecule is CCC(NC(=O)C(=O)NCCN(CC)CC)c1ccc2c(c1)CCCC2. The third kappa shape index (κ3) is 5.56. The molecule has 1 aliphatic rings. The highest BCUT2D eigenvalue weighted by molar-refractivity contribution is 6.35. The van der Waals surface area contributed by atoms with E-state index in [0.717, 1.165) is 44.5 Å².